The van der Waals surface area contributed by atoms with E-state index >= 15 is 0 Å². The average molecular weight is 469 g/mol. The second kappa shape index (κ2) is 11.5. The quantitative estimate of drug-likeness (QED) is 0.562. The number of hydrogen-bond donors (Lipinski definition) is 0. The van der Waals surface area contributed by atoms with Gasteiger partial charge in [0.05, 0.1) is 27.8 Å². The third-order valence-electron chi connectivity index (χ3n) is 6.87. The highest BCUT2D eigenvalue weighted by Gasteiger charge is 2.27. The normalized spacial score (nSPS) is 18.7. The van der Waals surface area contributed by atoms with Gasteiger partial charge in [-0.05, 0) is 79.3 Å². The van der Waals surface area contributed by atoms with Gasteiger partial charge in [0.2, 0.25) is 5.91 Å². The van der Waals surface area contributed by atoms with Crippen LogP contribution in [0.15, 0.2) is 36.4 Å². The van der Waals surface area contributed by atoms with Crippen molar-refractivity contribution in [2.75, 3.05) is 60.7 Å². The summed E-state index contributed by atoms with van der Waals surface area (Å²) in [7, 11) is 4.94. The molecule has 4 rings (SSSR count). The number of carbonyl (C=O) groups is 1. The number of ether oxygens (including phenoxy) is 4. The van der Waals surface area contributed by atoms with Crippen molar-refractivity contribution >= 4 is 5.91 Å². The molecule has 1 fully saturated rings. The molecule has 1 atom stereocenters. The van der Waals surface area contributed by atoms with Gasteiger partial charge in [-0.2, -0.15) is 0 Å². The number of likely N-dealkylation sites (tertiary alicyclic amines) is 1. The van der Waals surface area contributed by atoms with Crippen molar-refractivity contribution in [1.29, 1.82) is 0 Å². The van der Waals surface area contributed by atoms with Gasteiger partial charge in [-0.15, -0.1) is 0 Å². The SMILES string of the molecule is COc1ccc(OCCN2CCCC(CN3CCc4cc(OC)c(OC)cc4CC3=O)C2)cc1. The van der Waals surface area contributed by atoms with E-state index in [0.717, 1.165) is 74.8 Å². The predicted octanol–water partition coefficient (Wildman–Crippen LogP) is 3.43. The molecule has 1 unspecified atom stereocenters. The zero-order valence-electron chi connectivity index (χ0n) is 20.5. The van der Waals surface area contributed by atoms with E-state index in [1.54, 1.807) is 21.3 Å². The van der Waals surface area contributed by atoms with E-state index in [0.29, 0.717) is 24.7 Å². The summed E-state index contributed by atoms with van der Waals surface area (Å²) < 4.78 is 22.0. The van der Waals surface area contributed by atoms with Crippen LogP contribution in [0, 0.1) is 5.92 Å². The number of methoxy groups -OCH3 is 3. The van der Waals surface area contributed by atoms with E-state index in [1.165, 1.54) is 5.56 Å². The van der Waals surface area contributed by atoms with Crippen molar-refractivity contribution in [3.05, 3.63) is 47.5 Å². The molecular formula is C27H36N2O5. The van der Waals surface area contributed by atoms with Gasteiger partial charge in [-0.25, -0.2) is 0 Å². The third-order valence-corrected chi connectivity index (χ3v) is 6.87. The molecule has 1 amide bonds. The van der Waals surface area contributed by atoms with E-state index in [4.69, 9.17) is 18.9 Å². The van der Waals surface area contributed by atoms with E-state index in [1.807, 2.05) is 36.4 Å². The summed E-state index contributed by atoms with van der Waals surface area (Å²) in [6.07, 6.45) is 3.58. The molecule has 2 heterocycles. The summed E-state index contributed by atoms with van der Waals surface area (Å²) in [5.74, 6) is 3.78. The standard InChI is InChI=1S/C27H36N2O5/c1-31-23-6-8-24(9-7-23)34-14-13-28-11-4-5-20(18-28)19-29-12-10-21-15-25(32-2)26(33-3)16-22(21)17-27(29)30/h6-9,15-16,20H,4-5,10-14,17-19H2,1-3H3. The Hall–Kier alpha value is -2.93. The van der Waals surface area contributed by atoms with Crippen LogP contribution in [0.25, 0.3) is 0 Å². The van der Waals surface area contributed by atoms with Crippen molar-refractivity contribution in [1.82, 2.24) is 9.80 Å². The number of carbonyl (C=O) groups excluding carboxylic acids is 1. The summed E-state index contributed by atoms with van der Waals surface area (Å²) in [5, 5.41) is 0. The maximum atomic E-state index is 13.1. The summed E-state index contributed by atoms with van der Waals surface area (Å²) in [5.41, 5.74) is 2.22. The van der Waals surface area contributed by atoms with Gasteiger partial charge in [0.1, 0.15) is 18.1 Å². The lowest BCUT2D eigenvalue weighted by Crippen LogP contribution is -2.44. The minimum atomic E-state index is 0.200. The lowest BCUT2D eigenvalue weighted by Gasteiger charge is -2.35. The molecule has 0 aromatic heterocycles. The van der Waals surface area contributed by atoms with Crippen LogP contribution in [0.4, 0.5) is 0 Å². The molecule has 184 valence electrons. The molecule has 2 aromatic rings. The fraction of sp³-hybridized carbons (Fsp3) is 0.519. The van der Waals surface area contributed by atoms with Crippen molar-refractivity contribution < 1.29 is 23.7 Å². The van der Waals surface area contributed by atoms with Gasteiger partial charge < -0.3 is 23.8 Å². The number of fused-ring (bicyclic) bond motifs is 1. The smallest absolute Gasteiger partial charge is 0.227 e. The van der Waals surface area contributed by atoms with Gasteiger partial charge in [0, 0.05) is 26.2 Å². The maximum Gasteiger partial charge on any atom is 0.227 e. The molecule has 0 spiro atoms. The van der Waals surface area contributed by atoms with Crippen molar-refractivity contribution in [2.45, 2.75) is 25.7 Å². The Labute approximate surface area is 202 Å². The number of nitrogens with zero attached hydrogens (tertiary/aromatic N) is 2. The lowest BCUT2D eigenvalue weighted by molar-refractivity contribution is -0.131. The Bertz CT molecular complexity index is 962. The number of hydrogen-bond acceptors (Lipinski definition) is 6. The molecular weight excluding hydrogens is 432 g/mol. The highest BCUT2D eigenvalue weighted by Crippen LogP contribution is 2.32. The lowest BCUT2D eigenvalue weighted by atomic mass is 9.97. The van der Waals surface area contributed by atoms with Crippen LogP contribution in [-0.4, -0.2) is 76.4 Å². The van der Waals surface area contributed by atoms with E-state index < -0.39 is 0 Å². The summed E-state index contributed by atoms with van der Waals surface area (Å²) in [4.78, 5) is 17.6. The van der Waals surface area contributed by atoms with Crippen molar-refractivity contribution in [3.8, 4) is 23.0 Å². The van der Waals surface area contributed by atoms with Gasteiger partial charge >= 0.3 is 0 Å². The van der Waals surface area contributed by atoms with Crippen LogP contribution < -0.4 is 18.9 Å². The van der Waals surface area contributed by atoms with Crippen LogP contribution in [-0.2, 0) is 17.6 Å². The van der Waals surface area contributed by atoms with Crippen LogP contribution in [0.3, 0.4) is 0 Å². The van der Waals surface area contributed by atoms with Crippen molar-refractivity contribution in [2.24, 2.45) is 5.92 Å². The summed E-state index contributed by atoms with van der Waals surface area (Å²) in [6, 6.07) is 11.7. The van der Waals surface area contributed by atoms with E-state index in [2.05, 4.69) is 9.80 Å². The summed E-state index contributed by atoms with van der Waals surface area (Å²) >= 11 is 0. The zero-order chi connectivity index (χ0) is 23.9. The van der Waals surface area contributed by atoms with E-state index in [-0.39, 0.29) is 5.91 Å². The first-order valence-corrected chi connectivity index (χ1v) is 12.1. The second-order valence-corrected chi connectivity index (χ2v) is 9.08. The molecule has 2 aliphatic rings. The molecule has 2 aromatic carbocycles. The number of amides is 1. The molecule has 0 radical (unpaired) electrons. The molecule has 34 heavy (non-hydrogen) atoms. The molecule has 7 heteroatoms. The van der Waals surface area contributed by atoms with E-state index in [9.17, 15) is 4.79 Å². The number of benzene rings is 2. The topological polar surface area (TPSA) is 60.5 Å². The fourth-order valence-corrected chi connectivity index (χ4v) is 4.99. The Morgan fingerprint density at radius 3 is 2.32 bits per heavy atom. The molecule has 7 nitrogen and oxygen atoms in total. The Kier molecular flexibility index (Phi) is 8.16. The average Bonchev–Trinajstić information content (AvgIpc) is 3.01. The predicted molar refractivity (Wildman–Crippen MR) is 131 cm³/mol. The minimum Gasteiger partial charge on any atom is -0.497 e. The maximum absolute atomic E-state index is 13.1. The fourth-order valence-electron chi connectivity index (χ4n) is 4.99. The second-order valence-electron chi connectivity index (χ2n) is 9.08. The van der Waals surface area contributed by atoms with Crippen LogP contribution in [0.1, 0.15) is 24.0 Å². The molecule has 2 aliphatic heterocycles. The number of piperidine rings is 1. The first-order chi connectivity index (χ1) is 16.6. The monoisotopic (exact) mass is 468 g/mol. The largest absolute Gasteiger partial charge is 0.497 e. The Balaban J connectivity index is 1.28. The Morgan fingerprint density at radius 2 is 1.62 bits per heavy atom. The number of rotatable bonds is 9. The van der Waals surface area contributed by atoms with Crippen LogP contribution in [0.5, 0.6) is 23.0 Å². The first-order valence-electron chi connectivity index (χ1n) is 12.1. The molecule has 0 saturated carbocycles. The Morgan fingerprint density at radius 1 is 0.912 bits per heavy atom. The summed E-state index contributed by atoms with van der Waals surface area (Å²) in [6.45, 7) is 5.20. The molecule has 1 saturated heterocycles. The highest BCUT2D eigenvalue weighted by molar-refractivity contribution is 5.80. The molecule has 0 aliphatic carbocycles. The van der Waals surface area contributed by atoms with Crippen LogP contribution >= 0.6 is 0 Å². The third kappa shape index (κ3) is 5.95. The van der Waals surface area contributed by atoms with Crippen molar-refractivity contribution in [3.63, 3.8) is 0 Å². The first kappa shape index (κ1) is 24.2. The van der Waals surface area contributed by atoms with Crippen LogP contribution in [0.2, 0.25) is 0 Å². The highest BCUT2D eigenvalue weighted by atomic mass is 16.5. The van der Waals surface area contributed by atoms with Gasteiger partial charge in [0.15, 0.2) is 11.5 Å². The van der Waals surface area contributed by atoms with Gasteiger partial charge in [-0.3, -0.25) is 9.69 Å². The van der Waals surface area contributed by atoms with Gasteiger partial charge in [-0.1, -0.05) is 0 Å². The molecule has 0 bridgehead atoms. The minimum absolute atomic E-state index is 0.200. The van der Waals surface area contributed by atoms with Gasteiger partial charge in [0.25, 0.3) is 0 Å². The molecule has 0 N–H and O–H groups in total. The zero-order valence-corrected chi connectivity index (χ0v) is 20.5.